The molecule has 2 amide bonds. The van der Waals surface area contributed by atoms with E-state index in [1.165, 1.54) is 0 Å². The van der Waals surface area contributed by atoms with Crippen LogP contribution in [0, 0.1) is 3.77 Å². The number of rotatable bonds is 5. The Bertz CT molecular complexity index is 1070. The average molecular weight is 528 g/mol. The predicted octanol–water partition coefficient (Wildman–Crippen LogP) is 3.40. The molecule has 7 nitrogen and oxygen atoms in total. The molecule has 1 N–H and O–H groups in total. The topological polar surface area (TPSA) is 78.7 Å². The second-order valence-corrected chi connectivity index (χ2v) is 8.05. The third kappa shape index (κ3) is 5.32. The van der Waals surface area contributed by atoms with Crippen LogP contribution < -0.4 is 10.2 Å². The van der Waals surface area contributed by atoms with E-state index in [1.54, 1.807) is 53.6 Å². The maximum Gasteiger partial charge on any atom is 0.270 e. The van der Waals surface area contributed by atoms with Gasteiger partial charge in [0.25, 0.3) is 11.8 Å². The Morgan fingerprint density at radius 3 is 2.35 bits per heavy atom. The largest absolute Gasteiger partial charge is 0.451 e. The van der Waals surface area contributed by atoms with Crippen molar-refractivity contribution >= 4 is 46.3 Å². The SMILES string of the molecule is O=C(NC(=Cc1ccc(I)o1)C(=O)N1CCN(c2ccccn2)CC1)c1ccccc1. The van der Waals surface area contributed by atoms with E-state index >= 15 is 0 Å². The van der Waals surface area contributed by atoms with Crippen molar-refractivity contribution < 1.29 is 14.0 Å². The van der Waals surface area contributed by atoms with Crippen LogP contribution in [0.3, 0.4) is 0 Å². The Morgan fingerprint density at radius 1 is 0.968 bits per heavy atom. The van der Waals surface area contributed by atoms with E-state index in [0.717, 1.165) is 5.82 Å². The molecule has 2 aromatic heterocycles. The zero-order valence-corrected chi connectivity index (χ0v) is 18.9. The van der Waals surface area contributed by atoms with Gasteiger partial charge in [-0.25, -0.2) is 4.98 Å². The van der Waals surface area contributed by atoms with Gasteiger partial charge in [0.2, 0.25) is 0 Å². The summed E-state index contributed by atoms with van der Waals surface area (Å²) in [5, 5.41) is 2.77. The number of carbonyl (C=O) groups is 2. The maximum atomic E-state index is 13.3. The van der Waals surface area contributed by atoms with Crippen molar-refractivity contribution in [2.45, 2.75) is 0 Å². The van der Waals surface area contributed by atoms with Gasteiger partial charge in [-0.15, -0.1) is 0 Å². The summed E-state index contributed by atoms with van der Waals surface area (Å²) in [5.74, 6) is 0.825. The van der Waals surface area contributed by atoms with Crippen molar-refractivity contribution in [2.75, 3.05) is 31.1 Å². The van der Waals surface area contributed by atoms with E-state index in [0.29, 0.717) is 41.3 Å². The van der Waals surface area contributed by atoms with E-state index in [4.69, 9.17) is 4.42 Å². The molecule has 0 radical (unpaired) electrons. The minimum atomic E-state index is -0.339. The highest BCUT2D eigenvalue weighted by Gasteiger charge is 2.25. The summed E-state index contributed by atoms with van der Waals surface area (Å²) in [4.78, 5) is 34.3. The van der Waals surface area contributed by atoms with Gasteiger partial charge in [-0.2, -0.15) is 0 Å². The number of furan rings is 1. The van der Waals surface area contributed by atoms with Gasteiger partial charge in [-0.05, 0) is 59.0 Å². The molecule has 0 bridgehead atoms. The normalized spacial score (nSPS) is 14.4. The van der Waals surface area contributed by atoms with Gasteiger partial charge in [0, 0.05) is 44.0 Å². The first-order valence-electron chi connectivity index (χ1n) is 9.89. The van der Waals surface area contributed by atoms with Crippen LogP contribution in [0.2, 0.25) is 0 Å². The Labute approximate surface area is 193 Å². The smallest absolute Gasteiger partial charge is 0.270 e. The molecule has 31 heavy (non-hydrogen) atoms. The zero-order chi connectivity index (χ0) is 21.6. The van der Waals surface area contributed by atoms with Crippen molar-refractivity contribution in [3.05, 3.63) is 87.6 Å². The summed E-state index contributed by atoms with van der Waals surface area (Å²) in [6.45, 7) is 2.40. The molecule has 1 aliphatic rings. The van der Waals surface area contributed by atoms with Gasteiger partial charge in [-0.3, -0.25) is 9.59 Å². The summed E-state index contributed by atoms with van der Waals surface area (Å²) >= 11 is 2.06. The first kappa shape index (κ1) is 21.1. The van der Waals surface area contributed by atoms with Gasteiger partial charge < -0.3 is 19.5 Å². The van der Waals surface area contributed by atoms with E-state index in [2.05, 4.69) is 37.8 Å². The molecule has 0 spiro atoms. The molecule has 3 aromatic rings. The molecule has 158 valence electrons. The van der Waals surface area contributed by atoms with Crippen LogP contribution in [0.1, 0.15) is 16.1 Å². The molecular weight excluding hydrogens is 507 g/mol. The number of benzene rings is 1. The molecule has 0 unspecified atom stereocenters. The molecule has 4 rings (SSSR count). The molecule has 8 heteroatoms. The molecule has 1 saturated heterocycles. The van der Waals surface area contributed by atoms with Crippen LogP contribution in [0.25, 0.3) is 6.08 Å². The highest BCUT2D eigenvalue weighted by Crippen LogP contribution is 2.17. The number of aromatic nitrogens is 1. The lowest BCUT2D eigenvalue weighted by Crippen LogP contribution is -2.50. The Hall–Kier alpha value is -3.14. The van der Waals surface area contributed by atoms with Crippen molar-refractivity contribution in [1.29, 1.82) is 0 Å². The molecule has 0 saturated carbocycles. The lowest BCUT2D eigenvalue weighted by molar-refractivity contribution is -0.127. The third-order valence-electron chi connectivity index (χ3n) is 4.94. The zero-order valence-electron chi connectivity index (χ0n) is 16.7. The van der Waals surface area contributed by atoms with Crippen LogP contribution in [0.15, 0.2) is 77.0 Å². The van der Waals surface area contributed by atoms with Crippen LogP contribution >= 0.6 is 22.6 Å². The standard InChI is InChI=1S/C23H21IN4O3/c24-20-10-9-18(31-20)16-19(26-22(29)17-6-2-1-3-7-17)23(30)28-14-12-27(13-15-28)21-8-4-5-11-25-21/h1-11,16H,12-15H2,(H,26,29). The number of anilines is 1. The number of halogens is 1. The number of hydrogen-bond donors (Lipinski definition) is 1. The highest BCUT2D eigenvalue weighted by atomic mass is 127. The third-order valence-corrected chi connectivity index (χ3v) is 5.52. The molecule has 3 heterocycles. The van der Waals surface area contributed by atoms with Gasteiger partial charge in [-0.1, -0.05) is 24.3 Å². The number of pyridine rings is 1. The fourth-order valence-electron chi connectivity index (χ4n) is 3.33. The van der Waals surface area contributed by atoms with Crippen molar-refractivity contribution in [2.24, 2.45) is 0 Å². The minimum absolute atomic E-state index is 0.186. The van der Waals surface area contributed by atoms with Crippen LogP contribution in [-0.2, 0) is 4.79 Å². The lowest BCUT2D eigenvalue weighted by atomic mass is 10.2. The molecular formula is C23H21IN4O3. The van der Waals surface area contributed by atoms with Crippen molar-refractivity contribution in [3.63, 3.8) is 0 Å². The molecule has 1 aliphatic heterocycles. The quantitative estimate of drug-likeness (QED) is 0.406. The van der Waals surface area contributed by atoms with Gasteiger partial charge in [0.1, 0.15) is 17.3 Å². The number of nitrogens with one attached hydrogen (secondary N) is 1. The fraction of sp³-hybridized carbons (Fsp3) is 0.174. The minimum Gasteiger partial charge on any atom is -0.451 e. The number of hydrogen-bond acceptors (Lipinski definition) is 5. The molecule has 0 atom stereocenters. The summed E-state index contributed by atoms with van der Waals surface area (Å²) < 4.78 is 6.29. The van der Waals surface area contributed by atoms with Crippen molar-refractivity contribution in [1.82, 2.24) is 15.2 Å². The van der Waals surface area contributed by atoms with E-state index in [1.807, 2.05) is 24.3 Å². The average Bonchev–Trinajstić information content (AvgIpc) is 3.24. The number of piperazine rings is 1. The molecule has 1 fully saturated rings. The summed E-state index contributed by atoms with van der Waals surface area (Å²) in [5.41, 5.74) is 0.668. The summed E-state index contributed by atoms with van der Waals surface area (Å²) in [6, 6.07) is 18.2. The van der Waals surface area contributed by atoms with Crippen LogP contribution in [0.5, 0.6) is 0 Å². The summed E-state index contributed by atoms with van der Waals surface area (Å²) in [7, 11) is 0. The van der Waals surface area contributed by atoms with E-state index in [-0.39, 0.29) is 17.5 Å². The van der Waals surface area contributed by atoms with Crippen LogP contribution in [0.4, 0.5) is 5.82 Å². The second-order valence-electron chi connectivity index (χ2n) is 6.99. The first-order valence-corrected chi connectivity index (χ1v) is 11.0. The number of carbonyl (C=O) groups excluding carboxylic acids is 2. The first-order chi connectivity index (χ1) is 15.1. The van der Waals surface area contributed by atoms with Gasteiger partial charge >= 0.3 is 0 Å². The Morgan fingerprint density at radius 2 is 1.71 bits per heavy atom. The van der Waals surface area contributed by atoms with E-state index < -0.39 is 0 Å². The molecule has 1 aromatic carbocycles. The van der Waals surface area contributed by atoms with Crippen LogP contribution in [-0.4, -0.2) is 47.9 Å². The van der Waals surface area contributed by atoms with Crippen molar-refractivity contribution in [3.8, 4) is 0 Å². The lowest BCUT2D eigenvalue weighted by Gasteiger charge is -2.35. The Balaban J connectivity index is 1.50. The number of amides is 2. The Kier molecular flexibility index (Phi) is 6.66. The van der Waals surface area contributed by atoms with E-state index in [9.17, 15) is 9.59 Å². The predicted molar refractivity (Wildman–Crippen MR) is 126 cm³/mol. The maximum absolute atomic E-state index is 13.3. The number of nitrogens with zero attached hydrogens (tertiary/aromatic N) is 3. The molecule has 0 aliphatic carbocycles. The second kappa shape index (κ2) is 9.78. The monoisotopic (exact) mass is 528 g/mol. The highest BCUT2D eigenvalue weighted by molar-refractivity contribution is 14.1. The van der Waals surface area contributed by atoms with Gasteiger partial charge in [0.15, 0.2) is 3.77 Å². The fourth-order valence-corrected chi connectivity index (χ4v) is 3.77. The summed E-state index contributed by atoms with van der Waals surface area (Å²) in [6.07, 6.45) is 3.34. The van der Waals surface area contributed by atoms with Gasteiger partial charge in [0.05, 0.1) is 0 Å².